The fourth-order valence-electron chi connectivity index (χ4n) is 2.50. The number of hydrogen-bond acceptors (Lipinski definition) is 5. The highest BCUT2D eigenvalue weighted by Gasteiger charge is 2.12. The molecule has 6 heteroatoms. The van der Waals surface area contributed by atoms with E-state index in [-0.39, 0.29) is 12.4 Å². The van der Waals surface area contributed by atoms with E-state index in [0.717, 1.165) is 5.56 Å². The number of aromatic nitrogens is 2. The van der Waals surface area contributed by atoms with Crippen LogP contribution in [0.1, 0.15) is 5.56 Å². The van der Waals surface area contributed by atoms with Crippen LogP contribution in [0.3, 0.4) is 0 Å². The zero-order valence-electron chi connectivity index (χ0n) is 13.6. The van der Waals surface area contributed by atoms with Gasteiger partial charge in [-0.3, -0.25) is 9.78 Å². The molecule has 0 aliphatic carbocycles. The van der Waals surface area contributed by atoms with Crippen molar-refractivity contribution in [2.24, 2.45) is 0 Å². The molecule has 2 aromatic carbocycles. The molecule has 0 unspecified atom stereocenters. The molecular formula is C20H13ClN2O3. The third-order valence-electron chi connectivity index (χ3n) is 3.74. The van der Waals surface area contributed by atoms with Crippen LogP contribution in [0.2, 0.25) is 5.02 Å². The lowest BCUT2D eigenvalue weighted by molar-refractivity contribution is -0.133. The predicted molar refractivity (Wildman–Crippen MR) is 98.0 cm³/mol. The number of hydrogen-bond donors (Lipinski definition) is 0. The number of esters is 1. The van der Waals surface area contributed by atoms with E-state index >= 15 is 0 Å². The molecule has 0 fully saturated rings. The Balaban J connectivity index is 1.52. The molecule has 0 aliphatic heterocycles. The second-order valence-electron chi connectivity index (χ2n) is 5.64. The number of nitrogens with zero attached hydrogens (tertiary/aromatic N) is 2. The summed E-state index contributed by atoms with van der Waals surface area (Å²) < 4.78 is 11.1. The van der Waals surface area contributed by atoms with E-state index in [1.165, 1.54) is 0 Å². The molecule has 2 heterocycles. The monoisotopic (exact) mass is 364 g/mol. The minimum Gasteiger partial charge on any atom is -0.435 e. The molecule has 5 nitrogen and oxygen atoms in total. The molecule has 0 atom stereocenters. The second-order valence-corrected chi connectivity index (χ2v) is 6.08. The van der Waals surface area contributed by atoms with Gasteiger partial charge in [-0.2, -0.15) is 0 Å². The van der Waals surface area contributed by atoms with E-state index in [0.29, 0.717) is 33.5 Å². The van der Waals surface area contributed by atoms with Gasteiger partial charge in [0, 0.05) is 17.3 Å². The number of oxazole rings is 1. The maximum absolute atomic E-state index is 12.1. The van der Waals surface area contributed by atoms with Crippen LogP contribution in [0.15, 0.2) is 71.3 Å². The summed E-state index contributed by atoms with van der Waals surface area (Å²) in [5.41, 5.74) is 2.67. The molecular weight excluding hydrogens is 352 g/mol. The summed E-state index contributed by atoms with van der Waals surface area (Å²) in [6.45, 7) is 0. The Labute approximate surface area is 154 Å². The Morgan fingerprint density at radius 3 is 2.69 bits per heavy atom. The van der Waals surface area contributed by atoms with E-state index in [4.69, 9.17) is 20.8 Å². The molecule has 2 aromatic heterocycles. The number of fused-ring (bicyclic) bond motifs is 1. The largest absolute Gasteiger partial charge is 0.435 e. The van der Waals surface area contributed by atoms with Crippen molar-refractivity contribution in [1.82, 2.24) is 9.97 Å². The van der Waals surface area contributed by atoms with Gasteiger partial charge in [-0.1, -0.05) is 29.8 Å². The van der Waals surface area contributed by atoms with Crippen LogP contribution in [-0.4, -0.2) is 15.9 Å². The fourth-order valence-corrected chi connectivity index (χ4v) is 2.63. The lowest BCUT2D eigenvalue weighted by Gasteiger charge is -2.04. The van der Waals surface area contributed by atoms with Crippen LogP contribution in [-0.2, 0) is 11.2 Å². The van der Waals surface area contributed by atoms with Crippen LogP contribution in [0.25, 0.3) is 22.7 Å². The molecule has 0 saturated heterocycles. The molecule has 0 spiro atoms. The molecule has 0 saturated carbocycles. The van der Waals surface area contributed by atoms with Crippen molar-refractivity contribution < 1.29 is 13.9 Å². The number of benzene rings is 2. The van der Waals surface area contributed by atoms with Gasteiger partial charge in [0.1, 0.15) is 17.0 Å². The van der Waals surface area contributed by atoms with Crippen LogP contribution in [0, 0.1) is 0 Å². The third-order valence-corrected chi connectivity index (χ3v) is 3.99. The molecule has 0 aliphatic rings. The number of ether oxygens (including phenoxy) is 1. The van der Waals surface area contributed by atoms with E-state index in [9.17, 15) is 4.79 Å². The van der Waals surface area contributed by atoms with Crippen molar-refractivity contribution in [3.05, 3.63) is 77.4 Å². The average Bonchev–Trinajstić information content (AvgIpc) is 3.08. The van der Waals surface area contributed by atoms with Crippen LogP contribution in [0.4, 0.5) is 0 Å². The van der Waals surface area contributed by atoms with E-state index in [1.807, 2.05) is 18.2 Å². The molecule has 0 N–H and O–H groups in total. The summed E-state index contributed by atoms with van der Waals surface area (Å²) in [4.78, 5) is 20.7. The standard InChI is InChI=1S/C20H13ClN2O3/c21-14-6-4-13(5-7-14)11-19(24)25-15-8-9-16-18(12-15)26-20(23-16)17-3-1-2-10-22-17/h1-10,12H,11H2. The topological polar surface area (TPSA) is 65.2 Å². The van der Waals surface area contributed by atoms with E-state index in [2.05, 4.69) is 9.97 Å². The zero-order chi connectivity index (χ0) is 17.9. The Kier molecular flexibility index (Phi) is 4.37. The summed E-state index contributed by atoms with van der Waals surface area (Å²) in [5.74, 6) is 0.460. The Morgan fingerprint density at radius 2 is 1.92 bits per heavy atom. The maximum atomic E-state index is 12.1. The highest BCUT2D eigenvalue weighted by molar-refractivity contribution is 6.30. The summed E-state index contributed by atoms with van der Waals surface area (Å²) in [6.07, 6.45) is 1.83. The molecule has 128 valence electrons. The van der Waals surface area contributed by atoms with Gasteiger partial charge >= 0.3 is 5.97 Å². The summed E-state index contributed by atoms with van der Waals surface area (Å²) in [7, 11) is 0. The van der Waals surface area contributed by atoms with Gasteiger partial charge in [0.05, 0.1) is 6.42 Å². The maximum Gasteiger partial charge on any atom is 0.315 e. The van der Waals surface area contributed by atoms with Crippen LogP contribution >= 0.6 is 11.6 Å². The van der Waals surface area contributed by atoms with E-state index in [1.54, 1.807) is 48.7 Å². The van der Waals surface area contributed by atoms with Gasteiger partial charge in [0.2, 0.25) is 5.89 Å². The van der Waals surface area contributed by atoms with Crippen LogP contribution in [0.5, 0.6) is 5.75 Å². The van der Waals surface area contributed by atoms with Crippen molar-refractivity contribution in [3.8, 4) is 17.3 Å². The Hall–Kier alpha value is -3.18. The third kappa shape index (κ3) is 3.58. The lowest BCUT2D eigenvalue weighted by atomic mass is 10.1. The van der Waals surface area contributed by atoms with Gasteiger partial charge in [-0.25, -0.2) is 4.98 Å². The number of rotatable bonds is 4. The quantitative estimate of drug-likeness (QED) is 0.388. The van der Waals surface area contributed by atoms with Crippen LogP contribution < -0.4 is 4.74 Å². The Bertz CT molecular complexity index is 1060. The van der Waals surface area contributed by atoms with Crippen molar-refractivity contribution in [2.75, 3.05) is 0 Å². The van der Waals surface area contributed by atoms with Gasteiger partial charge in [-0.05, 0) is 42.0 Å². The highest BCUT2D eigenvalue weighted by Crippen LogP contribution is 2.26. The molecule has 4 aromatic rings. The minimum atomic E-state index is -0.365. The Morgan fingerprint density at radius 1 is 1.08 bits per heavy atom. The zero-order valence-corrected chi connectivity index (χ0v) is 14.3. The summed E-state index contributed by atoms with van der Waals surface area (Å²) >= 11 is 5.84. The van der Waals surface area contributed by atoms with Crippen molar-refractivity contribution in [1.29, 1.82) is 0 Å². The first-order valence-corrected chi connectivity index (χ1v) is 8.32. The SMILES string of the molecule is O=C(Cc1ccc(Cl)cc1)Oc1ccc2nc(-c3ccccn3)oc2c1. The first-order valence-electron chi connectivity index (χ1n) is 7.94. The van der Waals surface area contributed by atoms with Crippen molar-refractivity contribution in [3.63, 3.8) is 0 Å². The van der Waals surface area contributed by atoms with E-state index < -0.39 is 0 Å². The normalized spacial score (nSPS) is 10.8. The number of carbonyl (C=O) groups excluding carboxylic acids is 1. The lowest BCUT2D eigenvalue weighted by Crippen LogP contribution is -2.11. The van der Waals surface area contributed by atoms with Gasteiger partial charge in [0.15, 0.2) is 5.58 Å². The van der Waals surface area contributed by atoms with Gasteiger partial charge in [0.25, 0.3) is 0 Å². The number of carbonyl (C=O) groups is 1. The van der Waals surface area contributed by atoms with Gasteiger partial charge < -0.3 is 9.15 Å². The molecule has 0 amide bonds. The summed E-state index contributed by atoms with van der Waals surface area (Å²) in [6, 6.07) is 17.7. The fraction of sp³-hybridized carbons (Fsp3) is 0.0500. The first-order chi connectivity index (χ1) is 12.7. The molecule has 0 radical (unpaired) electrons. The van der Waals surface area contributed by atoms with Crippen molar-refractivity contribution in [2.45, 2.75) is 6.42 Å². The van der Waals surface area contributed by atoms with Gasteiger partial charge in [-0.15, -0.1) is 0 Å². The smallest absolute Gasteiger partial charge is 0.315 e. The highest BCUT2D eigenvalue weighted by atomic mass is 35.5. The molecule has 26 heavy (non-hydrogen) atoms. The summed E-state index contributed by atoms with van der Waals surface area (Å²) in [5, 5.41) is 0.626. The number of pyridine rings is 1. The first kappa shape index (κ1) is 16.3. The predicted octanol–water partition coefficient (Wildman–Crippen LogP) is 4.69. The number of halogens is 1. The average molecular weight is 365 g/mol. The molecule has 0 bridgehead atoms. The van der Waals surface area contributed by atoms with Crippen molar-refractivity contribution >= 4 is 28.7 Å². The second kappa shape index (κ2) is 6.98. The molecule has 4 rings (SSSR count). The minimum absolute atomic E-state index is 0.158.